The molecule has 3 rings (SSSR count). The zero-order valence-corrected chi connectivity index (χ0v) is 13.5. The third kappa shape index (κ3) is 3.33. The first kappa shape index (κ1) is 16.2. The topological polar surface area (TPSA) is 71.8 Å². The molecule has 23 heavy (non-hydrogen) atoms. The first-order valence-corrected chi connectivity index (χ1v) is 8.42. The number of pyridine rings is 1. The van der Waals surface area contributed by atoms with Crippen LogP contribution in [0, 0.1) is 6.92 Å². The maximum atomic E-state index is 12.9. The van der Waals surface area contributed by atoms with Gasteiger partial charge in [-0.3, -0.25) is 14.4 Å². The third-order valence-electron chi connectivity index (χ3n) is 4.83. The lowest BCUT2D eigenvalue weighted by Gasteiger charge is -2.29. The van der Waals surface area contributed by atoms with Crippen LogP contribution >= 0.6 is 0 Å². The van der Waals surface area contributed by atoms with Crippen molar-refractivity contribution in [3.8, 4) is 0 Å². The smallest absolute Gasteiger partial charge is 0.283 e. The lowest BCUT2D eigenvalue weighted by Crippen LogP contribution is -2.41. The Bertz CT molecular complexity index is 626. The van der Waals surface area contributed by atoms with Gasteiger partial charge in [0.05, 0.1) is 12.7 Å². The van der Waals surface area contributed by atoms with Crippen molar-refractivity contribution >= 4 is 5.91 Å². The van der Waals surface area contributed by atoms with E-state index >= 15 is 0 Å². The van der Waals surface area contributed by atoms with E-state index < -0.39 is 0 Å². The monoisotopic (exact) mass is 320 g/mol. The molecule has 1 saturated heterocycles. The van der Waals surface area contributed by atoms with Crippen molar-refractivity contribution in [1.29, 1.82) is 0 Å². The van der Waals surface area contributed by atoms with Crippen LogP contribution in [0.4, 0.5) is 0 Å². The van der Waals surface area contributed by atoms with E-state index in [9.17, 15) is 14.7 Å². The second kappa shape index (κ2) is 6.84. The summed E-state index contributed by atoms with van der Waals surface area (Å²) in [6.07, 6.45) is 6.25. The van der Waals surface area contributed by atoms with Crippen LogP contribution in [0.3, 0.4) is 0 Å². The number of amides is 1. The Kier molecular flexibility index (Phi) is 4.82. The molecule has 0 spiro atoms. The predicted octanol–water partition coefficient (Wildman–Crippen LogP) is 1.80. The summed E-state index contributed by atoms with van der Waals surface area (Å²) in [7, 11) is 0. The molecule has 6 nitrogen and oxygen atoms in total. The van der Waals surface area contributed by atoms with Gasteiger partial charge in [-0.15, -0.1) is 0 Å². The van der Waals surface area contributed by atoms with E-state index in [0.717, 1.165) is 25.7 Å². The molecule has 126 valence electrons. The number of aryl methyl sites for hydroxylation is 1. The van der Waals surface area contributed by atoms with Crippen molar-refractivity contribution in [2.45, 2.75) is 57.6 Å². The molecule has 6 heteroatoms. The number of hydroxylamine groups is 2. The van der Waals surface area contributed by atoms with Crippen molar-refractivity contribution in [3.05, 3.63) is 33.7 Å². The number of nitrogens with zero attached hydrogens (tertiary/aromatic N) is 2. The summed E-state index contributed by atoms with van der Waals surface area (Å²) in [5, 5.41) is 11.0. The van der Waals surface area contributed by atoms with Gasteiger partial charge >= 0.3 is 0 Å². The quantitative estimate of drug-likeness (QED) is 0.902. The zero-order chi connectivity index (χ0) is 16.4. The highest BCUT2D eigenvalue weighted by molar-refractivity contribution is 5.94. The van der Waals surface area contributed by atoms with Crippen molar-refractivity contribution in [3.63, 3.8) is 0 Å². The van der Waals surface area contributed by atoms with E-state index in [4.69, 9.17) is 4.84 Å². The van der Waals surface area contributed by atoms with E-state index in [0.29, 0.717) is 31.6 Å². The van der Waals surface area contributed by atoms with Gasteiger partial charge in [0.2, 0.25) is 0 Å². The molecule has 0 atom stereocenters. The van der Waals surface area contributed by atoms with Gasteiger partial charge in [-0.2, -0.15) is 0 Å². The fourth-order valence-corrected chi connectivity index (χ4v) is 3.41. The Hall–Kier alpha value is -1.66. The van der Waals surface area contributed by atoms with E-state index in [1.807, 2.05) is 6.07 Å². The number of hydrogen-bond acceptors (Lipinski definition) is 4. The minimum absolute atomic E-state index is 0.0559. The molecule has 1 aliphatic carbocycles. The largest absolute Gasteiger partial charge is 0.393 e. The van der Waals surface area contributed by atoms with Crippen molar-refractivity contribution in [2.75, 3.05) is 13.2 Å². The standard InChI is InChI=1S/C17H24N2O4/c1-12-8-10-18(13-4-6-14(20)7-5-13)16(21)15(12)17(22)19-9-2-3-11-23-19/h8,10,13-14,20H,2-7,9,11H2,1H3. The summed E-state index contributed by atoms with van der Waals surface area (Å²) in [6, 6.07) is 1.88. The van der Waals surface area contributed by atoms with E-state index in [1.54, 1.807) is 17.7 Å². The molecule has 1 aliphatic heterocycles. The minimum atomic E-state index is -0.336. The highest BCUT2D eigenvalue weighted by atomic mass is 16.7. The van der Waals surface area contributed by atoms with Crippen LogP contribution in [0.15, 0.2) is 17.1 Å². The third-order valence-corrected chi connectivity index (χ3v) is 4.83. The molecule has 0 bridgehead atoms. The Morgan fingerprint density at radius 3 is 2.65 bits per heavy atom. The molecule has 0 aromatic carbocycles. The van der Waals surface area contributed by atoms with Gasteiger partial charge in [-0.25, -0.2) is 5.06 Å². The fourth-order valence-electron chi connectivity index (χ4n) is 3.41. The highest BCUT2D eigenvalue weighted by Gasteiger charge is 2.27. The van der Waals surface area contributed by atoms with Crippen LogP contribution in [0.1, 0.15) is 60.5 Å². The average Bonchev–Trinajstić information content (AvgIpc) is 2.57. The molecule has 1 aromatic heterocycles. The van der Waals surface area contributed by atoms with Gasteiger partial charge in [-0.05, 0) is 57.1 Å². The number of carbonyl (C=O) groups excluding carboxylic acids is 1. The Morgan fingerprint density at radius 2 is 2.00 bits per heavy atom. The normalized spacial score (nSPS) is 25.4. The summed E-state index contributed by atoms with van der Waals surface area (Å²) >= 11 is 0. The number of rotatable bonds is 2. The number of aliphatic hydroxyl groups is 1. The van der Waals surface area contributed by atoms with Crippen molar-refractivity contribution in [2.24, 2.45) is 0 Å². The highest BCUT2D eigenvalue weighted by Crippen LogP contribution is 2.27. The van der Waals surface area contributed by atoms with E-state index in [2.05, 4.69) is 0 Å². The molecule has 1 saturated carbocycles. The first-order chi connectivity index (χ1) is 11.1. The minimum Gasteiger partial charge on any atom is -0.393 e. The van der Waals surface area contributed by atoms with Crippen LogP contribution in [0.5, 0.6) is 0 Å². The van der Waals surface area contributed by atoms with Crippen molar-refractivity contribution in [1.82, 2.24) is 9.63 Å². The molecule has 0 unspecified atom stereocenters. The maximum Gasteiger partial charge on any atom is 0.283 e. The van der Waals surface area contributed by atoms with Crippen LogP contribution in [-0.4, -0.2) is 39.9 Å². The lowest BCUT2D eigenvalue weighted by atomic mass is 9.92. The van der Waals surface area contributed by atoms with Gasteiger partial charge in [-0.1, -0.05) is 0 Å². The molecular weight excluding hydrogens is 296 g/mol. The number of hydrogen-bond donors (Lipinski definition) is 1. The van der Waals surface area contributed by atoms with Crippen LogP contribution < -0.4 is 5.56 Å². The number of aromatic nitrogens is 1. The summed E-state index contributed by atoms with van der Waals surface area (Å²) in [4.78, 5) is 30.9. The maximum absolute atomic E-state index is 12.9. The SMILES string of the molecule is Cc1ccn(C2CCC(O)CC2)c(=O)c1C(=O)N1CCCCO1. The summed E-state index contributed by atoms with van der Waals surface area (Å²) in [5.41, 5.74) is 0.646. The molecular formula is C17H24N2O4. The lowest BCUT2D eigenvalue weighted by molar-refractivity contribution is -0.144. The molecule has 1 amide bonds. The average molecular weight is 320 g/mol. The zero-order valence-electron chi connectivity index (χ0n) is 13.5. The van der Waals surface area contributed by atoms with Crippen molar-refractivity contribution < 1.29 is 14.7 Å². The van der Waals surface area contributed by atoms with Gasteiger partial charge in [0, 0.05) is 18.8 Å². The second-order valence-electron chi connectivity index (χ2n) is 6.50. The fraction of sp³-hybridized carbons (Fsp3) is 0.647. The molecule has 1 N–H and O–H groups in total. The van der Waals surface area contributed by atoms with Gasteiger partial charge in [0.1, 0.15) is 5.56 Å². The first-order valence-electron chi connectivity index (χ1n) is 8.42. The summed E-state index contributed by atoms with van der Waals surface area (Å²) in [5.74, 6) is -0.336. The predicted molar refractivity (Wildman–Crippen MR) is 85.2 cm³/mol. The molecule has 0 radical (unpaired) electrons. The molecule has 2 aliphatic rings. The second-order valence-corrected chi connectivity index (χ2v) is 6.50. The van der Waals surface area contributed by atoms with Crippen LogP contribution in [0.2, 0.25) is 0 Å². The Morgan fingerprint density at radius 1 is 1.26 bits per heavy atom. The van der Waals surface area contributed by atoms with Crippen LogP contribution in [-0.2, 0) is 4.84 Å². The van der Waals surface area contributed by atoms with Crippen LogP contribution in [0.25, 0.3) is 0 Å². The van der Waals surface area contributed by atoms with E-state index in [-0.39, 0.29) is 29.2 Å². The number of carbonyl (C=O) groups is 1. The van der Waals surface area contributed by atoms with Gasteiger partial charge in [0.25, 0.3) is 11.5 Å². The van der Waals surface area contributed by atoms with Gasteiger partial charge in [0.15, 0.2) is 0 Å². The Balaban J connectivity index is 1.89. The van der Waals surface area contributed by atoms with Gasteiger partial charge < -0.3 is 9.67 Å². The summed E-state index contributed by atoms with van der Waals surface area (Å²) in [6.45, 7) is 2.84. The molecule has 1 aromatic rings. The summed E-state index contributed by atoms with van der Waals surface area (Å²) < 4.78 is 1.66. The Labute approximate surface area is 135 Å². The molecule has 2 heterocycles. The van der Waals surface area contributed by atoms with E-state index in [1.165, 1.54) is 5.06 Å². The number of aliphatic hydroxyl groups excluding tert-OH is 1. The molecule has 2 fully saturated rings.